The fourth-order valence-corrected chi connectivity index (χ4v) is 3.69. The lowest BCUT2D eigenvalue weighted by Gasteiger charge is -2.33. The summed E-state index contributed by atoms with van der Waals surface area (Å²) in [5.74, 6) is 1.81. The highest BCUT2D eigenvalue weighted by Crippen LogP contribution is 2.36. The van der Waals surface area contributed by atoms with Crippen molar-refractivity contribution in [1.82, 2.24) is 0 Å². The van der Waals surface area contributed by atoms with E-state index >= 15 is 0 Å². The standard InChI is InChI=1S/C27H28N2O6/c1-18-8-11-21(12-9-18)33-15-14-29-22-13-10-20(16-25(22)35-19(2)27(29)31)28-26(30)17-34-24-7-5-4-6-23(24)32-3/h4-13,16,19H,14-15,17H2,1-3H3,(H,28,30). The maximum atomic E-state index is 12.8. The number of benzene rings is 3. The Morgan fingerprint density at radius 1 is 1.03 bits per heavy atom. The quantitative estimate of drug-likeness (QED) is 0.498. The molecule has 1 N–H and O–H groups in total. The van der Waals surface area contributed by atoms with Gasteiger partial charge in [0.15, 0.2) is 24.2 Å². The first-order chi connectivity index (χ1) is 16.9. The number of rotatable bonds is 9. The van der Waals surface area contributed by atoms with Crippen LogP contribution in [0.5, 0.6) is 23.0 Å². The smallest absolute Gasteiger partial charge is 0.267 e. The molecule has 3 aromatic carbocycles. The molecule has 4 rings (SSSR count). The van der Waals surface area contributed by atoms with Crippen molar-refractivity contribution < 1.29 is 28.5 Å². The number of para-hydroxylation sites is 2. The zero-order valence-electron chi connectivity index (χ0n) is 19.9. The molecule has 8 nitrogen and oxygen atoms in total. The number of anilines is 2. The number of carbonyl (C=O) groups excluding carboxylic acids is 2. The van der Waals surface area contributed by atoms with Crippen molar-refractivity contribution in [2.24, 2.45) is 0 Å². The molecule has 182 valence electrons. The molecule has 0 saturated heterocycles. The molecule has 0 fully saturated rings. The molecule has 1 aliphatic heterocycles. The van der Waals surface area contributed by atoms with Crippen LogP contribution in [-0.4, -0.2) is 44.8 Å². The van der Waals surface area contributed by atoms with Crippen molar-refractivity contribution in [2.45, 2.75) is 20.0 Å². The van der Waals surface area contributed by atoms with Gasteiger partial charge in [0.05, 0.1) is 19.3 Å². The lowest BCUT2D eigenvalue weighted by molar-refractivity contribution is -0.125. The van der Waals surface area contributed by atoms with Gasteiger partial charge in [-0.25, -0.2) is 0 Å². The molecule has 8 heteroatoms. The van der Waals surface area contributed by atoms with Crippen LogP contribution in [0.3, 0.4) is 0 Å². The molecule has 1 unspecified atom stereocenters. The van der Waals surface area contributed by atoms with Gasteiger partial charge >= 0.3 is 0 Å². The third-order valence-electron chi connectivity index (χ3n) is 5.48. The van der Waals surface area contributed by atoms with Crippen LogP contribution in [0.4, 0.5) is 11.4 Å². The van der Waals surface area contributed by atoms with Gasteiger partial charge < -0.3 is 29.2 Å². The molecule has 2 amide bonds. The summed E-state index contributed by atoms with van der Waals surface area (Å²) in [5.41, 5.74) is 2.32. The predicted molar refractivity (Wildman–Crippen MR) is 133 cm³/mol. The lowest BCUT2D eigenvalue weighted by Crippen LogP contribution is -2.46. The van der Waals surface area contributed by atoms with E-state index in [0.29, 0.717) is 41.8 Å². The molecule has 0 bridgehead atoms. The molecule has 1 aliphatic rings. The minimum absolute atomic E-state index is 0.146. The molecule has 0 saturated carbocycles. The Hall–Kier alpha value is -4.20. The van der Waals surface area contributed by atoms with Crippen molar-refractivity contribution in [1.29, 1.82) is 0 Å². The Morgan fingerprint density at radius 3 is 2.51 bits per heavy atom. The number of hydrogen-bond donors (Lipinski definition) is 1. The molecule has 0 radical (unpaired) electrons. The number of carbonyl (C=O) groups is 2. The molecular weight excluding hydrogens is 448 g/mol. The van der Waals surface area contributed by atoms with Gasteiger partial charge in [-0.3, -0.25) is 9.59 Å². The maximum absolute atomic E-state index is 12.8. The van der Waals surface area contributed by atoms with Crippen molar-refractivity contribution in [3.63, 3.8) is 0 Å². The highest BCUT2D eigenvalue weighted by molar-refractivity contribution is 6.00. The molecule has 0 spiro atoms. The summed E-state index contributed by atoms with van der Waals surface area (Å²) < 4.78 is 22.4. The van der Waals surface area contributed by atoms with Gasteiger partial charge in [-0.05, 0) is 50.2 Å². The van der Waals surface area contributed by atoms with E-state index in [1.807, 2.05) is 37.3 Å². The van der Waals surface area contributed by atoms with Crippen LogP contribution in [0.2, 0.25) is 0 Å². The van der Waals surface area contributed by atoms with Crippen LogP contribution >= 0.6 is 0 Å². The Kier molecular flexibility index (Phi) is 7.40. The second kappa shape index (κ2) is 10.8. The summed E-state index contributed by atoms with van der Waals surface area (Å²) in [5, 5.41) is 2.80. The lowest BCUT2D eigenvalue weighted by atomic mass is 10.1. The number of nitrogens with one attached hydrogen (secondary N) is 1. The van der Waals surface area contributed by atoms with Crippen LogP contribution < -0.4 is 29.2 Å². The van der Waals surface area contributed by atoms with Crippen LogP contribution in [0.25, 0.3) is 0 Å². The number of methoxy groups -OCH3 is 1. The van der Waals surface area contributed by atoms with E-state index in [0.717, 1.165) is 11.3 Å². The number of aryl methyl sites for hydroxylation is 1. The summed E-state index contributed by atoms with van der Waals surface area (Å²) in [6.45, 7) is 4.23. The van der Waals surface area contributed by atoms with E-state index < -0.39 is 6.10 Å². The average Bonchev–Trinajstić information content (AvgIpc) is 2.86. The van der Waals surface area contributed by atoms with E-state index in [-0.39, 0.29) is 18.4 Å². The van der Waals surface area contributed by atoms with E-state index in [4.69, 9.17) is 18.9 Å². The first-order valence-corrected chi connectivity index (χ1v) is 11.3. The number of hydrogen-bond acceptors (Lipinski definition) is 6. The zero-order chi connectivity index (χ0) is 24.8. The van der Waals surface area contributed by atoms with Crippen LogP contribution in [0.1, 0.15) is 12.5 Å². The van der Waals surface area contributed by atoms with Gasteiger partial charge in [0.1, 0.15) is 18.1 Å². The van der Waals surface area contributed by atoms with Crippen molar-refractivity contribution >= 4 is 23.2 Å². The minimum atomic E-state index is -0.651. The van der Waals surface area contributed by atoms with Crippen molar-refractivity contribution in [2.75, 3.05) is 37.1 Å². The monoisotopic (exact) mass is 476 g/mol. The highest BCUT2D eigenvalue weighted by atomic mass is 16.5. The Morgan fingerprint density at radius 2 is 1.77 bits per heavy atom. The molecular formula is C27H28N2O6. The third kappa shape index (κ3) is 5.84. The number of ether oxygens (including phenoxy) is 4. The summed E-state index contributed by atoms with van der Waals surface area (Å²) >= 11 is 0. The molecule has 3 aromatic rings. The highest BCUT2D eigenvalue weighted by Gasteiger charge is 2.31. The first kappa shape index (κ1) is 23.9. The molecule has 0 aliphatic carbocycles. The third-order valence-corrected chi connectivity index (χ3v) is 5.48. The Bertz CT molecular complexity index is 1190. The van der Waals surface area contributed by atoms with Gasteiger partial charge in [-0.15, -0.1) is 0 Å². The van der Waals surface area contributed by atoms with Gasteiger partial charge in [-0.1, -0.05) is 29.8 Å². The van der Waals surface area contributed by atoms with E-state index in [1.165, 1.54) is 0 Å². The average molecular weight is 477 g/mol. The number of fused-ring (bicyclic) bond motifs is 1. The largest absolute Gasteiger partial charge is 0.493 e. The number of amides is 2. The fraction of sp³-hybridized carbons (Fsp3) is 0.259. The molecule has 1 atom stereocenters. The fourth-order valence-electron chi connectivity index (χ4n) is 3.69. The second-order valence-electron chi connectivity index (χ2n) is 8.08. The molecule has 1 heterocycles. The predicted octanol–water partition coefficient (Wildman–Crippen LogP) is 4.21. The second-order valence-corrected chi connectivity index (χ2v) is 8.08. The molecule has 0 aromatic heterocycles. The molecule has 35 heavy (non-hydrogen) atoms. The van der Waals surface area contributed by atoms with Gasteiger partial charge in [0.25, 0.3) is 11.8 Å². The summed E-state index contributed by atoms with van der Waals surface area (Å²) in [6, 6.07) is 20.0. The topological polar surface area (TPSA) is 86.3 Å². The first-order valence-electron chi connectivity index (χ1n) is 11.3. The zero-order valence-corrected chi connectivity index (χ0v) is 19.9. The number of nitrogens with zero attached hydrogens (tertiary/aromatic N) is 1. The normalized spacial score (nSPS) is 14.5. The Balaban J connectivity index is 1.38. The van der Waals surface area contributed by atoms with Gasteiger partial charge in [0, 0.05) is 11.8 Å². The summed E-state index contributed by atoms with van der Waals surface area (Å²) in [4.78, 5) is 26.8. The van der Waals surface area contributed by atoms with Gasteiger partial charge in [0.2, 0.25) is 0 Å². The van der Waals surface area contributed by atoms with Crippen LogP contribution in [0, 0.1) is 6.92 Å². The summed E-state index contributed by atoms with van der Waals surface area (Å²) in [7, 11) is 1.54. The van der Waals surface area contributed by atoms with Crippen molar-refractivity contribution in [3.8, 4) is 23.0 Å². The SMILES string of the molecule is COc1ccccc1OCC(=O)Nc1ccc2c(c1)OC(C)C(=O)N2CCOc1ccc(C)cc1. The van der Waals surface area contributed by atoms with Crippen molar-refractivity contribution in [3.05, 3.63) is 72.3 Å². The maximum Gasteiger partial charge on any atom is 0.267 e. The van der Waals surface area contributed by atoms with E-state index in [2.05, 4.69) is 5.32 Å². The van der Waals surface area contributed by atoms with Crippen LogP contribution in [-0.2, 0) is 9.59 Å². The summed E-state index contributed by atoms with van der Waals surface area (Å²) in [6.07, 6.45) is -0.651. The van der Waals surface area contributed by atoms with E-state index in [1.54, 1.807) is 55.3 Å². The van der Waals surface area contributed by atoms with E-state index in [9.17, 15) is 9.59 Å². The van der Waals surface area contributed by atoms with Gasteiger partial charge in [-0.2, -0.15) is 0 Å². The minimum Gasteiger partial charge on any atom is -0.493 e. The Labute approximate surface area is 204 Å². The van der Waals surface area contributed by atoms with Crippen LogP contribution in [0.15, 0.2) is 66.7 Å².